The van der Waals surface area contributed by atoms with E-state index in [2.05, 4.69) is 289 Å². The van der Waals surface area contributed by atoms with Crippen LogP contribution in [0.1, 0.15) is 219 Å². The molecule has 1 N–H and O–H groups in total. The number of aliphatic hydroxyl groups is 1. The molecule has 0 bridgehead atoms. The number of halogens is 9. The van der Waals surface area contributed by atoms with Gasteiger partial charge in [-0.05, 0) is 212 Å². The Balaban J connectivity index is 0.000000213. The maximum absolute atomic E-state index is 14.4. The molecule has 8 saturated carbocycles. The predicted molar refractivity (Wildman–Crippen MR) is 497 cm³/mol. The second-order valence-corrected chi connectivity index (χ2v) is 99.0. The number of Topliss-reactive ketones (excluding diaryl/α,β-unsaturated/α-hetero) is 1. The second kappa shape index (κ2) is 38.9. The molecule has 17 atom stereocenters. The Morgan fingerprint density at radius 1 is 0.614 bits per heavy atom. The van der Waals surface area contributed by atoms with Crippen LogP contribution in [-0.4, -0.2) is 87.1 Å². The van der Waals surface area contributed by atoms with E-state index in [0.717, 1.165) is 74.0 Å². The fraction of sp³-hybridized carbons (Fsp3) is 0.713. The third-order valence-corrected chi connectivity index (χ3v) is 39.3. The van der Waals surface area contributed by atoms with Gasteiger partial charge in [-0.1, -0.05) is 180 Å². The Bertz CT molecular complexity index is 3210. The third kappa shape index (κ3) is 21.4. The van der Waals surface area contributed by atoms with Crippen LogP contribution in [-0.2, 0) is 37.3 Å². The Kier molecular flexibility index (Phi) is 36.3. The maximum atomic E-state index is 14.4. The molecule has 2 aromatic rings. The van der Waals surface area contributed by atoms with Crippen molar-refractivity contribution in [1.82, 2.24) is 0 Å². The summed E-state index contributed by atoms with van der Waals surface area (Å²) in [5.74, 6) is 3.17. The van der Waals surface area contributed by atoms with Crippen molar-refractivity contribution >= 4 is 199 Å². The van der Waals surface area contributed by atoms with E-state index in [4.69, 9.17) is 23.1 Å². The molecule has 3 saturated heterocycles. The number of ketones is 1. The van der Waals surface area contributed by atoms with Crippen LogP contribution in [0.5, 0.6) is 0 Å². The van der Waals surface area contributed by atoms with Gasteiger partial charge in [0.15, 0.2) is 16.6 Å². The number of ether oxygens (including phenoxy) is 3. The van der Waals surface area contributed by atoms with Crippen molar-refractivity contribution < 1.29 is 55.7 Å². The zero-order chi connectivity index (χ0) is 74.6. The van der Waals surface area contributed by atoms with Gasteiger partial charge in [0.05, 0.1) is 36.6 Å². The molecule has 0 aromatic heterocycles. The number of rotatable bonds is 9. The van der Waals surface area contributed by atoms with E-state index in [1.165, 1.54) is 80.9 Å². The number of carbonyl (C=O) groups excluding carboxylic acids is 1. The number of hydrogen-bond donors (Lipinski definition) is 1. The zero-order valence-corrected chi connectivity index (χ0v) is 87.9. The first-order valence-corrected chi connectivity index (χ1v) is 77.2. The molecule has 0 radical (unpaired) electrons. The summed E-state index contributed by atoms with van der Waals surface area (Å²) in [6.45, 7) is 50.6. The van der Waals surface area contributed by atoms with Gasteiger partial charge in [0, 0.05) is 82.6 Å². The molecule has 11 fully saturated rings. The quantitative estimate of drug-likeness (QED) is 0.114. The van der Waals surface area contributed by atoms with Gasteiger partial charge in [0.1, 0.15) is 29.7 Å². The van der Waals surface area contributed by atoms with Gasteiger partial charge in [0.2, 0.25) is 0 Å². The Hall–Kier alpha value is 4.39. The monoisotopic (exact) mass is 2490 g/mol. The van der Waals surface area contributed by atoms with E-state index in [9.17, 15) is 14.5 Å². The van der Waals surface area contributed by atoms with Crippen LogP contribution >= 0.6 is 166 Å². The van der Waals surface area contributed by atoms with Gasteiger partial charge in [-0.15, -0.1) is 24.0 Å². The molecule has 21 heteroatoms. The third-order valence-electron chi connectivity index (χ3n) is 27.3. The summed E-state index contributed by atoms with van der Waals surface area (Å²) in [6.07, 6.45) is 30.7. The molecule has 11 aliphatic rings. The summed E-state index contributed by atoms with van der Waals surface area (Å²) >= 11 is 16.9. The first-order chi connectivity index (χ1) is 46.6. The van der Waals surface area contributed by atoms with E-state index in [0.29, 0.717) is 78.5 Å². The van der Waals surface area contributed by atoms with Crippen LogP contribution in [0.15, 0.2) is 120 Å². The first kappa shape index (κ1) is 94.2. The number of allylic oxidation sites excluding steroid dienone is 4. The molecule has 574 valence electrons. The molecule has 3 spiro atoms. The van der Waals surface area contributed by atoms with Crippen molar-refractivity contribution in [2.24, 2.45) is 45.8 Å². The fourth-order valence-corrected chi connectivity index (χ4v) is 24.4. The minimum atomic E-state index is -2.77. The van der Waals surface area contributed by atoms with Crippen molar-refractivity contribution in [3.8, 4) is 0 Å². The molecule has 2 aromatic carbocycles. The number of fused-ring (bicyclic) bond motifs is 6. The minimum absolute atomic E-state index is 0. The Labute approximate surface area is 723 Å². The van der Waals surface area contributed by atoms with Gasteiger partial charge in [0.25, 0.3) is 0 Å². The summed E-state index contributed by atoms with van der Waals surface area (Å²) in [5, 5.41) is 12.2. The van der Waals surface area contributed by atoms with E-state index in [-0.39, 0.29) is 84.9 Å². The van der Waals surface area contributed by atoms with Crippen LogP contribution in [0.3, 0.4) is 0 Å². The van der Waals surface area contributed by atoms with E-state index < -0.39 is 23.8 Å². The van der Waals surface area contributed by atoms with Crippen LogP contribution < -0.4 is 23.9 Å². The van der Waals surface area contributed by atoms with Gasteiger partial charge >= 0.3 is 115 Å². The molecule has 8 aliphatic carbocycles. The van der Waals surface area contributed by atoms with E-state index >= 15 is 0 Å². The number of epoxide rings is 3. The van der Waals surface area contributed by atoms with Gasteiger partial charge < -0.3 is 32.7 Å². The first-order valence-electron chi connectivity index (χ1n) is 37.2. The van der Waals surface area contributed by atoms with Gasteiger partial charge in [-0.2, -0.15) is 0 Å². The van der Waals surface area contributed by atoms with Crippen LogP contribution in [0.4, 0.5) is 0 Å². The number of carbonyl (C=O) groups is 1. The summed E-state index contributed by atoms with van der Waals surface area (Å²) in [4.78, 5) is 11.6. The molecule has 3 aliphatic heterocycles. The standard InChI is InChI=1S/C28H39O2PSi.C28H46O2Si.C12H20O2.C12H18O2.I3.I2.4HI.V/c1-22-20-24(23(2)27(21-22)30-32(6,7)28(3,4)5)18-19-31(29,25-14-10-8-11-15-25)26-16-12-9-13-17-26;1-19-17-23(20(2)25(18-19)30-31(8,9)26(4,5)6)13-12-22-11-10-15-27(7)24(22)14-16-28(27)21(3)29-28;2*1-8-12(14-8)7-5-9-10(13)4-3-6-11(9,12)2;1-3-2;1-2;;;;;/h8-18,22,27H,2,19-21H2,1,3-7H3;12-13,19,21,24-25H,2,10-11,14-18H2,1,3-9H3;8-10,13H,3-7H2,1-2H3;8-9H,3-7H2,1-2H3;;;4*1H;/q;;;;-1;;;;;;+3/p-3/b24-18-;22-12+,23-13-;;;;;;;;;/t;19?,21-,24?,25?,27-,28?;8-,9?,10?,11-,12?;8-,9?,11-,12?;;;;;;;/m.000......./s1. The van der Waals surface area contributed by atoms with Gasteiger partial charge in [-0.25, -0.2) is 0 Å². The van der Waals surface area contributed by atoms with E-state index in [1.807, 2.05) is 60.7 Å². The van der Waals surface area contributed by atoms with Crippen molar-refractivity contribution in [2.45, 2.75) is 309 Å². The average molecular weight is 2490 g/mol. The topological polar surface area (TPSA) is 110 Å². The predicted octanol–water partition coefficient (Wildman–Crippen LogP) is 23.5. The molecule has 8 nitrogen and oxygen atoms in total. The SMILES string of the molecule is C=C1/C(=C\C=C2/CCC[C@@]3(C)C2CCC32O[C@H]2C)CC(C)CC1O[Si](C)(C)C(C)(C)C.C=C1/C(=C\CP(=O)(c2ccccc2)c2ccccc2)CC(C)CC1O[Si](C)(C)C(C)(C)C.C[C@@H]1OC12CCC1C(=O)CCC[C@@]12C.C[C@@H]1OC12CCC1C(O)CCC[C@@]12C.I.II.I[I-]I.[I][V]([I])[I]. The molecule has 13 rings (SSSR count). The van der Waals surface area contributed by atoms with Crippen LogP contribution in [0.25, 0.3) is 0 Å². The number of hydrogen-bond acceptors (Lipinski definition) is 8. The normalized spacial score (nSPS) is 37.2. The summed E-state index contributed by atoms with van der Waals surface area (Å²) in [6, 6.07) is 19.8. The zero-order valence-electron chi connectivity index (χ0n) is 64.0. The van der Waals surface area contributed by atoms with Crippen molar-refractivity contribution in [3.05, 3.63) is 120 Å². The molecular weight excluding hydrogens is 2370 g/mol. The number of aliphatic hydroxyl groups excluding tert-OH is 1. The van der Waals surface area contributed by atoms with Gasteiger partial charge in [-0.3, -0.25) is 4.79 Å². The summed E-state index contributed by atoms with van der Waals surface area (Å²) < 4.78 is 46.0. The molecule has 11 unspecified atom stereocenters. The van der Waals surface area contributed by atoms with Crippen LogP contribution in [0, 0.1) is 45.8 Å². The molecule has 101 heavy (non-hydrogen) atoms. The summed E-state index contributed by atoms with van der Waals surface area (Å²) in [5.41, 5.74) is 7.81. The summed E-state index contributed by atoms with van der Waals surface area (Å²) in [7, 11) is -6.48. The number of benzene rings is 2. The molecule has 0 amide bonds. The Morgan fingerprint density at radius 2 is 0.990 bits per heavy atom. The molecule has 3 heterocycles. The van der Waals surface area contributed by atoms with Crippen LogP contribution in [0.2, 0.25) is 36.3 Å². The fourth-order valence-electron chi connectivity index (χ4n) is 19.3. The van der Waals surface area contributed by atoms with Crippen molar-refractivity contribution in [1.29, 1.82) is 0 Å². The average Bonchev–Trinajstić information content (AvgIpc) is 1.54. The second-order valence-electron chi connectivity index (χ2n) is 35.0. The van der Waals surface area contributed by atoms with Crippen molar-refractivity contribution in [2.75, 3.05) is 6.16 Å². The Morgan fingerprint density at radius 3 is 1.43 bits per heavy atom. The van der Waals surface area contributed by atoms with E-state index in [1.54, 1.807) is 5.57 Å². The molecular formula is C80H124I9O8PSi2V-. The van der Waals surface area contributed by atoms with Crippen molar-refractivity contribution in [3.63, 3.8) is 0 Å².